The molecule has 0 aromatic carbocycles. The SMILES string of the molecule is C[C@H]1OCCN[C@@H]1C(=O)NC1CCCC1.Cl. The van der Waals surface area contributed by atoms with Crippen molar-refractivity contribution in [2.75, 3.05) is 13.2 Å². The van der Waals surface area contributed by atoms with E-state index in [0.717, 1.165) is 19.4 Å². The standard InChI is InChI=1S/C11H20N2O2.ClH/c1-8-10(12-6-7-15-8)11(14)13-9-4-2-3-5-9;/h8-10,12H,2-7H2,1H3,(H,13,14);1H/t8-,10+;/m1./s1. The first-order valence-corrected chi connectivity index (χ1v) is 5.93. The molecule has 2 rings (SSSR count). The van der Waals surface area contributed by atoms with E-state index in [2.05, 4.69) is 10.6 Å². The number of hydrogen-bond acceptors (Lipinski definition) is 3. The van der Waals surface area contributed by atoms with Crippen LogP contribution in [0.3, 0.4) is 0 Å². The molecule has 0 aromatic heterocycles. The van der Waals surface area contributed by atoms with Gasteiger partial charge in [0.15, 0.2) is 0 Å². The Hall–Kier alpha value is -0.320. The highest BCUT2D eigenvalue weighted by Crippen LogP contribution is 2.18. The highest BCUT2D eigenvalue weighted by atomic mass is 35.5. The van der Waals surface area contributed by atoms with Crippen molar-refractivity contribution in [3.8, 4) is 0 Å². The minimum atomic E-state index is -0.167. The van der Waals surface area contributed by atoms with Gasteiger partial charge in [0.2, 0.25) is 5.91 Å². The summed E-state index contributed by atoms with van der Waals surface area (Å²) in [7, 11) is 0. The summed E-state index contributed by atoms with van der Waals surface area (Å²) in [6, 6.07) is 0.229. The lowest BCUT2D eigenvalue weighted by molar-refractivity contribution is -0.129. The van der Waals surface area contributed by atoms with Crippen molar-refractivity contribution in [1.29, 1.82) is 0 Å². The van der Waals surface area contributed by atoms with E-state index in [1.807, 2.05) is 6.92 Å². The van der Waals surface area contributed by atoms with Gasteiger partial charge >= 0.3 is 0 Å². The summed E-state index contributed by atoms with van der Waals surface area (Å²) in [6.07, 6.45) is 4.74. The van der Waals surface area contributed by atoms with Gasteiger partial charge in [0.1, 0.15) is 6.04 Å². The Morgan fingerprint density at radius 3 is 2.69 bits per heavy atom. The number of nitrogens with one attached hydrogen (secondary N) is 2. The molecule has 0 radical (unpaired) electrons. The molecular weight excluding hydrogens is 228 g/mol. The molecule has 94 valence electrons. The predicted octanol–water partition coefficient (Wildman–Crippen LogP) is 0.844. The van der Waals surface area contributed by atoms with Crippen LogP contribution < -0.4 is 10.6 Å². The summed E-state index contributed by atoms with van der Waals surface area (Å²) >= 11 is 0. The van der Waals surface area contributed by atoms with Crippen LogP contribution >= 0.6 is 12.4 Å². The molecule has 2 aliphatic rings. The molecule has 16 heavy (non-hydrogen) atoms. The van der Waals surface area contributed by atoms with Crippen molar-refractivity contribution >= 4 is 18.3 Å². The maximum absolute atomic E-state index is 11.9. The summed E-state index contributed by atoms with van der Waals surface area (Å²) in [4.78, 5) is 11.9. The number of amides is 1. The van der Waals surface area contributed by atoms with Crippen molar-refractivity contribution in [2.24, 2.45) is 0 Å². The number of carbonyl (C=O) groups excluding carboxylic acids is 1. The van der Waals surface area contributed by atoms with Crippen molar-refractivity contribution in [3.05, 3.63) is 0 Å². The zero-order chi connectivity index (χ0) is 10.7. The summed E-state index contributed by atoms with van der Waals surface area (Å²) in [5, 5.41) is 6.30. The van der Waals surface area contributed by atoms with E-state index in [4.69, 9.17) is 4.74 Å². The molecule has 2 N–H and O–H groups in total. The third kappa shape index (κ3) is 3.34. The molecule has 1 amide bonds. The van der Waals surface area contributed by atoms with Gasteiger partial charge in [-0.25, -0.2) is 0 Å². The zero-order valence-corrected chi connectivity index (χ0v) is 10.5. The van der Waals surface area contributed by atoms with Gasteiger partial charge in [0.25, 0.3) is 0 Å². The van der Waals surface area contributed by atoms with E-state index in [9.17, 15) is 4.79 Å². The maximum atomic E-state index is 11.9. The lowest BCUT2D eigenvalue weighted by Crippen LogP contribution is -2.56. The molecule has 0 spiro atoms. The van der Waals surface area contributed by atoms with Crippen LogP contribution in [-0.2, 0) is 9.53 Å². The summed E-state index contributed by atoms with van der Waals surface area (Å²) in [5.74, 6) is 0.106. The number of halogens is 1. The second kappa shape index (κ2) is 6.42. The Morgan fingerprint density at radius 1 is 1.38 bits per heavy atom. The second-order valence-electron chi connectivity index (χ2n) is 4.50. The highest BCUT2D eigenvalue weighted by Gasteiger charge is 2.30. The van der Waals surface area contributed by atoms with Crippen LogP contribution in [0.2, 0.25) is 0 Å². The van der Waals surface area contributed by atoms with Gasteiger partial charge in [-0.2, -0.15) is 0 Å². The Morgan fingerprint density at radius 2 is 2.06 bits per heavy atom. The van der Waals surface area contributed by atoms with Gasteiger partial charge in [-0.05, 0) is 19.8 Å². The average molecular weight is 249 g/mol. The molecule has 1 heterocycles. The molecule has 0 aromatic rings. The van der Waals surface area contributed by atoms with Crippen molar-refractivity contribution in [3.63, 3.8) is 0 Å². The highest BCUT2D eigenvalue weighted by molar-refractivity contribution is 5.85. The molecule has 1 aliphatic heterocycles. The van der Waals surface area contributed by atoms with Gasteiger partial charge < -0.3 is 15.4 Å². The molecule has 0 bridgehead atoms. The molecule has 1 saturated carbocycles. The monoisotopic (exact) mass is 248 g/mol. The largest absolute Gasteiger partial charge is 0.375 e. The van der Waals surface area contributed by atoms with E-state index in [1.54, 1.807) is 0 Å². The smallest absolute Gasteiger partial charge is 0.240 e. The Kier molecular flexibility index (Phi) is 5.52. The van der Waals surface area contributed by atoms with Crippen molar-refractivity contribution in [1.82, 2.24) is 10.6 Å². The Balaban J connectivity index is 0.00000128. The maximum Gasteiger partial charge on any atom is 0.240 e. The fraction of sp³-hybridized carbons (Fsp3) is 0.909. The summed E-state index contributed by atoms with van der Waals surface area (Å²) in [6.45, 7) is 3.42. The number of hydrogen-bond donors (Lipinski definition) is 2. The minimum Gasteiger partial charge on any atom is -0.375 e. The van der Waals surface area contributed by atoms with Gasteiger partial charge in [0.05, 0.1) is 12.7 Å². The van der Waals surface area contributed by atoms with Crippen LogP contribution in [0.4, 0.5) is 0 Å². The van der Waals surface area contributed by atoms with Gasteiger partial charge in [-0.3, -0.25) is 4.79 Å². The van der Waals surface area contributed by atoms with Crippen LogP contribution in [0.25, 0.3) is 0 Å². The van der Waals surface area contributed by atoms with Gasteiger partial charge in [0, 0.05) is 12.6 Å². The van der Waals surface area contributed by atoms with Gasteiger partial charge in [-0.1, -0.05) is 12.8 Å². The summed E-state index contributed by atoms with van der Waals surface area (Å²) < 4.78 is 5.45. The van der Waals surface area contributed by atoms with Crippen LogP contribution in [0, 0.1) is 0 Å². The molecule has 5 heteroatoms. The van der Waals surface area contributed by atoms with E-state index in [0.29, 0.717) is 12.6 Å². The van der Waals surface area contributed by atoms with E-state index >= 15 is 0 Å². The topological polar surface area (TPSA) is 50.4 Å². The summed E-state index contributed by atoms with van der Waals surface area (Å²) in [5.41, 5.74) is 0. The molecule has 1 aliphatic carbocycles. The number of rotatable bonds is 2. The molecular formula is C11H21ClN2O2. The molecule has 4 nitrogen and oxygen atoms in total. The van der Waals surface area contributed by atoms with Crippen LogP contribution in [-0.4, -0.2) is 37.2 Å². The number of ether oxygens (including phenoxy) is 1. The first-order chi connectivity index (χ1) is 7.27. The lowest BCUT2D eigenvalue weighted by Gasteiger charge is -2.30. The predicted molar refractivity (Wildman–Crippen MR) is 64.9 cm³/mol. The Labute approximate surface area is 103 Å². The van der Waals surface area contributed by atoms with Crippen molar-refractivity contribution in [2.45, 2.75) is 50.8 Å². The fourth-order valence-corrected chi connectivity index (χ4v) is 2.39. The first-order valence-electron chi connectivity index (χ1n) is 5.93. The first kappa shape index (κ1) is 13.7. The zero-order valence-electron chi connectivity index (χ0n) is 9.70. The van der Waals surface area contributed by atoms with E-state index in [-0.39, 0.29) is 30.5 Å². The van der Waals surface area contributed by atoms with Crippen LogP contribution in [0.15, 0.2) is 0 Å². The van der Waals surface area contributed by atoms with Gasteiger partial charge in [-0.15, -0.1) is 12.4 Å². The number of carbonyl (C=O) groups is 1. The number of morpholine rings is 1. The van der Waals surface area contributed by atoms with Crippen LogP contribution in [0.1, 0.15) is 32.6 Å². The molecule has 2 fully saturated rings. The van der Waals surface area contributed by atoms with Crippen molar-refractivity contribution < 1.29 is 9.53 Å². The third-order valence-corrected chi connectivity index (χ3v) is 3.30. The lowest BCUT2D eigenvalue weighted by atomic mass is 10.1. The van der Waals surface area contributed by atoms with E-state index in [1.165, 1.54) is 12.8 Å². The molecule has 2 atom stereocenters. The van der Waals surface area contributed by atoms with E-state index < -0.39 is 0 Å². The fourth-order valence-electron chi connectivity index (χ4n) is 2.39. The third-order valence-electron chi connectivity index (χ3n) is 3.30. The van der Waals surface area contributed by atoms with Crippen LogP contribution in [0.5, 0.6) is 0 Å². The molecule has 0 unspecified atom stereocenters. The normalized spacial score (nSPS) is 30.8. The second-order valence-corrected chi connectivity index (χ2v) is 4.50. The average Bonchev–Trinajstić information content (AvgIpc) is 2.71. The Bertz CT molecular complexity index is 232. The molecule has 1 saturated heterocycles. The minimum absolute atomic E-state index is 0. The quantitative estimate of drug-likeness (QED) is 0.762.